The number of thiol groups is 2. The van der Waals surface area contributed by atoms with Crippen LogP contribution in [0, 0.1) is 0 Å². The van der Waals surface area contributed by atoms with E-state index in [0.717, 1.165) is 48.0 Å². The maximum absolute atomic E-state index is 13.2. The lowest BCUT2D eigenvalue weighted by Crippen LogP contribution is -2.38. The molecule has 0 saturated carbocycles. The van der Waals surface area contributed by atoms with Crippen LogP contribution in [0.4, 0.5) is 10.5 Å². The highest BCUT2D eigenvalue weighted by atomic mass is 32.2. The van der Waals surface area contributed by atoms with Gasteiger partial charge in [-0.2, -0.15) is 0 Å². The van der Waals surface area contributed by atoms with Crippen LogP contribution >= 0.6 is 25.3 Å². The summed E-state index contributed by atoms with van der Waals surface area (Å²) in [5, 5.41) is 4.00. The minimum atomic E-state index is -3.86. The van der Waals surface area contributed by atoms with Crippen molar-refractivity contribution in [3.63, 3.8) is 0 Å². The smallest absolute Gasteiger partial charge is 0.409 e. The van der Waals surface area contributed by atoms with Gasteiger partial charge in [-0.15, -0.1) is 25.3 Å². The van der Waals surface area contributed by atoms with Gasteiger partial charge < -0.3 is 25.6 Å². The van der Waals surface area contributed by atoms with E-state index in [4.69, 9.17) is 10.5 Å². The average molecular weight is 724 g/mol. The van der Waals surface area contributed by atoms with Crippen LogP contribution in [0.1, 0.15) is 90.9 Å². The van der Waals surface area contributed by atoms with Crippen molar-refractivity contribution in [3.05, 3.63) is 47.7 Å². The summed E-state index contributed by atoms with van der Waals surface area (Å²) in [6.07, 6.45) is 12.9. The molecule has 0 fully saturated rings. The van der Waals surface area contributed by atoms with Crippen LogP contribution < -0.4 is 20.7 Å². The minimum Gasteiger partial charge on any atom is -0.422 e. The molecule has 48 heavy (non-hydrogen) atoms. The summed E-state index contributed by atoms with van der Waals surface area (Å²) >= 11 is 9.06. The van der Waals surface area contributed by atoms with Gasteiger partial charge in [-0.1, -0.05) is 89.0 Å². The fourth-order valence-electron chi connectivity index (χ4n) is 5.68. The molecule has 0 aliphatic heterocycles. The number of sulfonamides is 1. The number of nitrogens with zero attached hydrogens (tertiary/aromatic N) is 2. The summed E-state index contributed by atoms with van der Waals surface area (Å²) < 4.78 is 33.0. The molecule has 13 heteroatoms. The van der Waals surface area contributed by atoms with Gasteiger partial charge in [-0.25, -0.2) is 17.9 Å². The van der Waals surface area contributed by atoms with E-state index in [9.17, 15) is 18.0 Å². The lowest BCUT2D eigenvalue weighted by Gasteiger charge is -2.28. The number of rotatable bonds is 24. The van der Waals surface area contributed by atoms with Gasteiger partial charge in [0.2, 0.25) is 20.7 Å². The molecule has 0 aromatic heterocycles. The van der Waals surface area contributed by atoms with Crippen LogP contribution in [0.15, 0.2) is 52.6 Å². The Morgan fingerprint density at radius 3 is 2.15 bits per heavy atom. The molecule has 0 aliphatic carbocycles. The molecule has 2 amide bonds. The Labute approximate surface area is 299 Å². The summed E-state index contributed by atoms with van der Waals surface area (Å²) in [5.41, 5.74) is 8.30. The van der Waals surface area contributed by atoms with E-state index in [-0.39, 0.29) is 24.4 Å². The molecular formula is C35H57N5O5S3. The van der Waals surface area contributed by atoms with Crippen molar-refractivity contribution in [1.82, 2.24) is 14.9 Å². The fourth-order valence-corrected chi connectivity index (χ4v) is 7.48. The van der Waals surface area contributed by atoms with E-state index in [1.165, 1.54) is 44.9 Å². The highest BCUT2D eigenvalue weighted by Gasteiger charge is 2.28. The number of carbonyl (C=O) groups is 2. The standard InChI is InChI=1S/C35H57N5O5S3/c1-5-6-7-8-9-10-11-12-13-14-17-29(28(2)40(27-41)25-22-36)26-35(46,47)45-34(42)37-23-24-38-48(43,44)33-21-16-18-30-31(33)19-15-20-32(30)39(3)4/h15-16,18-21,27,38,46-47H,5-14,17,22-26,36H2,1-4H3,(H,37,42). The molecule has 0 spiro atoms. The lowest BCUT2D eigenvalue weighted by molar-refractivity contribution is -0.116. The summed E-state index contributed by atoms with van der Waals surface area (Å²) in [6.45, 7) is 4.70. The van der Waals surface area contributed by atoms with Crippen molar-refractivity contribution in [2.24, 2.45) is 5.73 Å². The SMILES string of the molecule is CCCCCCCCCCCCC(CC(S)(S)OC(=O)NCCNS(=O)(=O)c1cccc2c(N(C)C)cccc12)=C(C)N(C=O)CCN. The van der Waals surface area contributed by atoms with Gasteiger partial charge in [0.15, 0.2) is 0 Å². The topological polar surface area (TPSA) is 134 Å². The summed E-state index contributed by atoms with van der Waals surface area (Å²) in [4.78, 5) is 28.2. The van der Waals surface area contributed by atoms with Crippen molar-refractivity contribution < 1.29 is 22.7 Å². The molecule has 0 saturated heterocycles. The zero-order chi connectivity index (χ0) is 35.6. The second-order valence-corrected chi connectivity index (χ2v) is 15.9. The number of allylic oxidation sites excluding steroid dienone is 1. The van der Waals surface area contributed by atoms with Crippen LogP contribution in [0.5, 0.6) is 0 Å². The van der Waals surface area contributed by atoms with Crippen molar-refractivity contribution in [3.8, 4) is 0 Å². The predicted octanol–water partition coefficient (Wildman–Crippen LogP) is 6.82. The Kier molecular flexibility index (Phi) is 18.8. The molecule has 0 heterocycles. The predicted molar refractivity (Wildman–Crippen MR) is 204 cm³/mol. The third kappa shape index (κ3) is 14.2. The summed E-state index contributed by atoms with van der Waals surface area (Å²) in [6, 6.07) is 10.7. The second-order valence-electron chi connectivity index (χ2n) is 12.4. The monoisotopic (exact) mass is 723 g/mol. The molecule has 10 nitrogen and oxygen atoms in total. The number of benzene rings is 2. The Morgan fingerprint density at radius 2 is 1.54 bits per heavy atom. The molecule has 0 bridgehead atoms. The molecule has 0 radical (unpaired) electrons. The number of amides is 2. The zero-order valence-corrected chi connectivity index (χ0v) is 31.8. The van der Waals surface area contributed by atoms with E-state index < -0.39 is 20.4 Å². The molecule has 2 aromatic carbocycles. The third-order valence-electron chi connectivity index (χ3n) is 8.29. The van der Waals surface area contributed by atoms with E-state index in [1.807, 2.05) is 44.1 Å². The first-order chi connectivity index (χ1) is 22.9. The summed E-state index contributed by atoms with van der Waals surface area (Å²) in [7, 11) is -0.0545. The maximum Gasteiger partial charge on any atom is 0.409 e. The number of nitrogens with one attached hydrogen (secondary N) is 2. The van der Waals surface area contributed by atoms with Crippen molar-refractivity contribution in [1.29, 1.82) is 0 Å². The zero-order valence-electron chi connectivity index (χ0n) is 29.2. The number of anilines is 1. The lowest BCUT2D eigenvalue weighted by atomic mass is 10.0. The number of carbonyl (C=O) groups excluding carboxylic acids is 2. The fraction of sp³-hybridized carbons (Fsp3) is 0.600. The number of fused-ring (bicyclic) bond motifs is 1. The highest BCUT2D eigenvalue weighted by molar-refractivity contribution is 8.00. The Morgan fingerprint density at radius 1 is 0.938 bits per heavy atom. The van der Waals surface area contributed by atoms with Crippen LogP contribution in [0.3, 0.4) is 0 Å². The van der Waals surface area contributed by atoms with Gasteiger partial charge in [0.1, 0.15) is 0 Å². The van der Waals surface area contributed by atoms with Crippen LogP contribution in [0.25, 0.3) is 10.8 Å². The number of ether oxygens (including phenoxy) is 1. The van der Waals surface area contributed by atoms with Gasteiger partial charge in [0, 0.05) is 68.9 Å². The van der Waals surface area contributed by atoms with Crippen LogP contribution in [-0.4, -0.2) is 70.4 Å². The molecule has 270 valence electrons. The number of alkyl carbamates (subject to hydrolysis) is 1. The molecule has 0 atom stereocenters. The second kappa shape index (κ2) is 21.6. The van der Waals surface area contributed by atoms with E-state index in [2.05, 4.69) is 42.2 Å². The van der Waals surface area contributed by atoms with Crippen molar-refractivity contribution >= 4 is 64.2 Å². The van der Waals surface area contributed by atoms with Crippen molar-refractivity contribution in [2.45, 2.75) is 100 Å². The normalized spacial score (nSPS) is 12.5. The van der Waals surface area contributed by atoms with Crippen LogP contribution in [-0.2, 0) is 19.6 Å². The van der Waals surface area contributed by atoms with E-state index in [0.29, 0.717) is 24.9 Å². The maximum atomic E-state index is 13.2. The van der Waals surface area contributed by atoms with Crippen LogP contribution in [0.2, 0.25) is 0 Å². The largest absolute Gasteiger partial charge is 0.422 e. The average Bonchev–Trinajstić information content (AvgIpc) is 3.04. The van der Waals surface area contributed by atoms with Gasteiger partial charge >= 0.3 is 6.09 Å². The molecule has 2 aromatic rings. The number of hydrogen-bond acceptors (Lipinski definition) is 9. The first kappa shape index (κ1) is 41.7. The number of nitrogens with two attached hydrogens (primary N) is 1. The minimum absolute atomic E-state index is 0.0147. The van der Waals surface area contributed by atoms with Gasteiger partial charge in [0.25, 0.3) is 0 Å². The molecule has 2 rings (SSSR count). The Hall–Kier alpha value is -2.45. The molecule has 4 N–H and O–H groups in total. The quantitative estimate of drug-likeness (QED) is 0.0348. The van der Waals surface area contributed by atoms with E-state index in [1.54, 1.807) is 23.1 Å². The van der Waals surface area contributed by atoms with Gasteiger partial charge in [0.05, 0.1) is 4.90 Å². The van der Waals surface area contributed by atoms with Gasteiger partial charge in [-0.05, 0) is 37.5 Å². The Balaban J connectivity index is 1.93. The molecule has 0 unspecified atom stereocenters. The molecular weight excluding hydrogens is 667 g/mol. The first-order valence-electron chi connectivity index (χ1n) is 17.1. The highest BCUT2D eigenvalue weighted by Crippen LogP contribution is 2.34. The van der Waals surface area contributed by atoms with E-state index >= 15 is 0 Å². The number of unbranched alkanes of at least 4 members (excludes halogenated alkanes) is 9. The third-order valence-corrected chi connectivity index (χ3v) is 10.3. The van der Waals surface area contributed by atoms with Gasteiger partial charge in [-0.3, -0.25) is 4.79 Å². The first-order valence-corrected chi connectivity index (χ1v) is 19.5. The Bertz CT molecular complexity index is 1430. The summed E-state index contributed by atoms with van der Waals surface area (Å²) in [5.74, 6) is 0. The molecule has 0 aliphatic rings. The number of hydrogen-bond donors (Lipinski definition) is 5. The van der Waals surface area contributed by atoms with Crippen molar-refractivity contribution in [2.75, 3.05) is 45.2 Å².